The first kappa shape index (κ1) is 13.9. The minimum Gasteiger partial charge on any atom is -0.338 e. The van der Waals surface area contributed by atoms with Gasteiger partial charge in [-0.1, -0.05) is 54.1 Å². The molecule has 0 saturated carbocycles. The molecule has 1 aliphatic rings. The van der Waals surface area contributed by atoms with Gasteiger partial charge in [-0.3, -0.25) is 4.79 Å². The largest absolute Gasteiger partial charge is 0.338 e. The summed E-state index contributed by atoms with van der Waals surface area (Å²) in [5.74, 6) is 0.269. The zero-order valence-electron chi connectivity index (χ0n) is 12.5. The Bertz CT molecular complexity index is 648. The van der Waals surface area contributed by atoms with Crippen molar-refractivity contribution in [2.75, 3.05) is 6.54 Å². The lowest BCUT2D eigenvalue weighted by Gasteiger charge is -2.29. The summed E-state index contributed by atoms with van der Waals surface area (Å²) in [4.78, 5) is 14.4. The molecular formula is C19H21NO. The Balaban J connectivity index is 1.59. The summed E-state index contributed by atoms with van der Waals surface area (Å²) in [6.45, 7) is 3.71. The molecule has 0 radical (unpaired) electrons. The third kappa shape index (κ3) is 3.33. The van der Waals surface area contributed by atoms with E-state index in [2.05, 4.69) is 55.5 Å². The van der Waals surface area contributed by atoms with Crippen molar-refractivity contribution < 1.29 is 4.79 Å². The first-order chi connectivity index (χ1) is 10.2. The summed E-state index contributed by atoms with van der Waals surface area (Å²) in [5, 5.41) is 0. The number of hydrogen-bond donors (Lipinski definition) is 0. The van der Waals surface area contributed by atoms with Crippen molar-refractivity contribution in [3.05, 3.63) is 70.8 Å². The molecule has 0 aliphatic carbocycles. The summed E-state index contributed by atoms with van der Waals surface area (Å²) in [5.41, 5.74) is 5.19. The minimum atomic E-state index is 0.269. The number of rotatable bonds is 3. The number of aryl methyl sites for hydroxylation is 2. The zero-order chi connectivity index (χ0) is 14.7. The lowest BCUT2D eigenvalue weighted by atomic mass is 9.99. The molecule has 2 aromatic rings. The van der Waals surface area contributed by atoms with Crippen LogP contribution in [0.25, 0.3) is 0 Å². The van der Waals surface area contributed by atoms with E-state index in [4.69, 9.17) is 0 Å². The lowest BCUT2D eigenvalue weighted by Crippen LogP contribution is -2.36. The Kier molecular flexibility index (Phi) is 4.05. The maximum absolute atomic E-state index is 12.4. The Labute approximate surface area is 126 Å². The molecule has 3 rings (SSSR count). The van der Waals surface area contributed by atoms with Crippen LogP contribution in [0.15, 0.2) is 48.5 Å². The van der Waals surface area contributed by atoms with Crippen molar-refractivity contribution >= 4 is 5.91 Å². The highest BCUT2D eigenvalue weighted by molar-refractivity contribution is 5.76. The fourth-order valence-electron chi connectivity index (χ4n) is 2.99. The molecule has 0 N–H and O–H groups in total. The monoisotopic (exact) mass is 279 g/mol. The predicted molar refractivity (Wildman–Crippen MR) is 85.1 cm³/mol. The minimum absolute atomic E-state index is 0.269. The number of carbonyl (C=O) groups is 1. The van der Waals surface area contributed by atoms with E-state index in [0.717, 1.165) is 25.9 Å². The Morgan fingerprint density at radius 2 is 1.90 bits per heavy atom. The molecule has 0 atom stereocenters. The standard InChI is InChI=1S/C19H21NO/c1-15-5-4-6-16(13-15)9-10-19(21)20-12-11-17-7-2-3-8-18(17)14-20/h2-8,13H,9-12,14H2,1H3. The van der Waals surface area contributed by atoms with E-state index in [-0.39, 0.29) is 5.91 Å². The summed E-state index contributed by atoms with van der Waals surface area (Å²) in [6, 6.07) is 16.9. The number of nitrogens with zero attached hydrogens (tertiary/aromatic N) is 1. The predicted octanol–water partition coefficient (Wildman–Crippen LogP) is 3.51. The van der Waals surface area contributed by atoms with Gasteiger partial charge in [0.05, 0.1) is 0 Å². The zero-order valence-corrected chi connectivity index (χ0v) is 12.5. The van der Waals surface area contributed by atoms with Gasteiger partial charge in [0.25, 0.3) is 0 Å². The van der Waals surface area contributed by atoms with E-state index in [1.54, 1.807) is 0 Å². The van der Waals surface area contributed by atoms with Gasteiger partial charge in [-0.25, -0.2) is 0 Å². The van der Waals surface area contributed by atoms with Crippen LogP contribution >= 0.6 is 0 Å². The number of amides is 1. The molecule has 2 heteroatoms. The van der Waals surface area contributed by atoms with Gasteiger partial charge in [-0.15, -0.1) is 0 Å². The van der Waals surface area contributed by atoms with E-state index in [0.29, 0.717) is 6.42 Å². The molecule has 1 aliphatic heterocycles. The van der Waals surface area contributed by atoms with Crippen LogP contribution in [0.2, 0.25) is 0 Å². The molecule has 0 saturated heterocycles. The average Bonchev–Trinajstić information content (AvgIpc) is 2.52. The van der Waals surface area contributed by atoms with Crippen LogP contribution in [0, 0.1) is 6.92 Å². The van der Waals surface area contributed by atoms with Gasteiger partial charge in [0, 0.05) is 19.5 Å². The van der Waals surface area contributed by atoms with E-state index in [1.165, 1.54) is 22.3 Å². The van der Waals surface area contributed by atoms with Crippen LogP contribution in [0.1, 0.15) is 28.7 Å². The summed E-state index contributed by atoms with van der Waals surface area (Å²) >= 11 is 0. The van der Waals surface area contributed by atoms with Gasteiger partial charge in [-0.2, -0.15) is 0 Å². The van der Waals surface area contributed by atoms with Gasteiger partial charge in [0.2, 0.25) is 5.91 Å². The number of benzene rings is 2. The van der Waals surface area contributed by atoms with Crippen LogP contribution in [0.4, 0.5) is 0 Å². The highest BCUT2D eigenvalue weighted by Crippen LogP contribution is 2.19. The second-order valence-corrected chi connectivity index (χ2v) is 5.82. The van der Waals surface area contributed by atoms with Crippen LogP contribution in [0.3, 0.4) is 0 Å². The Hall–Kier alpha value is -2.09. The number of carbonyl (C=O) groups excluding carboxylic acids is 1. The number of hydrogen-bond acceptors (Lipinski definition) is 1. The second-order valence-electron chi connectivity index (χ2n) is 5.82. The molecule has 1 amide bonds. The Morgan fingerprint density at radius 3 is 2.71 bits per heavy atom. The average molecular weight is 279 g/mol. The summed E-state index contributed by atoms with van der Waals surface area (Å²) < 4.78 is 0. The van der Waals surface area contributed by atoms with Gasteiger partial charge in [-0.05, 0) is 36.5 Å². The molecule has 2 aromatic carbocycles. The van der Waals surface area contributed by atoms with Gasteiger partial charge < -0.3 is 4.90 Å². The summed E-state index contributed by atoms with van der Waals surface area (Å²) in [7, 11) is 0. The quantitative estimate of drug-likeness (QED) is 0.842. The summed E-state index contributed by atoms with van der Waals surface area (Å²) in [6.07, 6.45) is 2.41. The van der Waals surface area contributed by atoms with Crippen LogP contribution in [0.5, 0.6) is 0 Å². The third-order valence-corrected chi connectivity index (χ3v) is 4.19. The van der Waals surface area contributed by atoms with Crippen molar-refractivity contribution in [1.82, 2.24) is 4.90 Å². The van der Waals surface area contributed by atoms with Crippen molar-refractivity contribution in [3.63, 3.8) is 0 Å². The van der Waals surface area contributed by atoms with E-state index >= 15 is 0 Å². The smallest absolute Gasteiger partial charge is 0.223 e. The molecule has 0 bridgehead atoms. The fourth-order valence-corrected chi connectivity index (χ4v) is 2.99. The Morgan fingerprint density at radius 1 is 1.10 bits per heavy atom. The normalized spacial score (nSPS) is 13.9. The van der Waals surface area contributed by atoms with Crippen LogP contribution in [-0.4, -0.2) is 17.4 Å². The van der Waals surface area contributed by atoms with E-state index in [9.17, 15) is 4.79 Å². The molecule has 0 fully saturated rings. The maximum Gasteiger partial charge on any atom is 0.223 e. The first-order valence-electron chi connectivity index (χ1n) is 7.62. The molecule has 0 spiro atoms. The molecule has 2 nitrogen and oxygen atoms in total. The molecule has 21 heavy (non-hydrogen) atoms. The van der Waals surface area contributed by atoms with Crippen molar-refractivity contribution in [2.24, 2.45) is 0 Å². The third-order valence-electron chi connectivity index (χ3n) is 4.19. The van der Waals surface area contributed by atoms with Crippen LogP contribution < -0.4 is 0 Å². The second kappa shape index (κ2) is 6.13. The van der Waals surface area contributed by atoms with Crippen molar-refractivity contribution in [2.45, 2.75) is 32.7 Å². The molecule has 0 aromatic heterocycles. The van der Waals surface area contributed by atoms with Gasteiger partial charge >= 0.3 is 0 Å². The molecule has 0 unspecified atom stereocenters. The fraction of sp³-hybridized carbons (Fsp3) is 0.316. The van der Waals surface area contributed by atoms with Gasteiger partial charge in [0.15, 0.2) is 0 Å². The SMILES string of the molecule is Cc1cccc(CCC(=O)N2CCc3ccccc3C2)c1. The molecule has 108 valence electrons. The van der Waals surface area contributed by atoms with Crippen LogP contribution in [-0.2, 0) is 24.2 Å². The maximum atomic E-state index is 12.4. The highest BCUT2D eigenvalue weighted by atomic mass is 16.2. The molecule has 1 heterocycles. The number of fused-ring (bicyclic) bond motifs is 1. The highest BCUT2D eigenvalue weighted by Gasteiger charge is 2.19. The van der Waals surface area contributed by atoms with E-state index in [1.807, 2.05) is 4.90 Å². The van der Waals surface area contributed by atoms with Gasteiger partial charge in [0.1, 0.15) is 0 Å². The van der Waals surface area contributed by atoms with Crippen molar-refractivity contribution in [1.29, 1.82) is 0 Å². The first-order valence-corrected chi connectivity index (χ1v) is 7.62. The molecular weight excluding hydrogens is 258 g/mol. The topological polar surface area (TPSA) is 20.3 Å². The lowest BCUT2D eigenvalue weighted by molar-refractivity contribution is -0.132. The van der Waals surface area contributed by atoms with E-state index < -0.39 is 0 Å². The van der Waals surface area contributed by atoms with Crippen molar-refractivity contribution in [3.8, 4) is 0 Å².